The van der Waals surface area contributed by atoms with Gasteiger partial charge in [-0.2, -0.15) is 0 Å². The molecule has 1 fully saturated rings. The number of fused-ring (bicyclic) bond motifs is 1. The number of amides is 3. The Hall–Kier alpha value is -3.92. The zero-order valence-corrected chi connectivity index (χ0v) is 19.5. The number of hydrogen-bond donors (Lipinski definition) is 3. The number of halogens is 1. The van der Waals surface area contributed by atoms with Gasteiger partial charge in [0.05, 0.1) is 10.6 Å². The average Bonchev–Trinajstić information content (AvgIpc) is 3.22. The third kappa shape index (κ3) is 5.27. The number of furan rings is 1. The summed E-state index contributed by atoms with van der Waals surface area (Å²) in [4.78, 5) is 54.3. The fraction of sp³-hybridized carbons (Fsp3) is 0.292. The molecule has 1 saturated carbocycles. The highest BCUT2D eigenvalue weighted by molar-refractivity contribution is 6.30. The second-order valence-electron chi connectivity index (χ2n) is 8.40. The molecule has 0 spiro atoms. The number of hydrogen-bond acceptors (Lipinski definition) is 6. The Morgan fingerprint density at radius 1 is 1.14 bits per heavy atom. The zero-order chi connectivity index (χ0) is 25.1. The van der Waals surface area contributed by atoms with E-state index in [0.717, 1.165) is 6.41 Å². The Morgan fingerprint density at radius 3 is 2.51 bits per heavy atom. The van der Waals surface area contributed by atoms with E-state index in [-0.39, 0.29) is 46.3 Å². The van der Waals surface area contributed by atoms with Crippen LogP contribution in [0.1, 0.15) is 46.6 Å². The molecular formula is C24H23ClN4O6. The number of pyridine rings is 1. The first-order valence-corrected chi connectivity index (χ1v) is 11.4. The number of aromatic carboxylic acids is 1. The van der Waals surface area contributed by atoms with Crippen LogP contribution in [-0.2, 0) is 9.59 Å². The molecule has 10 nitrogen and oxygen atoms in total. The molecular weight excluding hydrogens is 476 g/mol. The van der Waals surface area contributed by atoms with Crippen LogP contribution < -0.4 is 10.6 Å². The van der Waals surface area contributed by atoms with Crippen molar-refractivity contribution in [2.45, 2.75) is 31.7 Å². The molecule has 2 aromatic heterocycles. The van der Waals surface area contributed by atoms with Gasteiger partial charge in [0.15, 0.2) is 0 Å². The van der Waals surface area contributed by atoms with Crippen molar-refractivity contribution in [3.63, 3.8) is 0 Å². The number of carbonyl (C=O) groups excluding carboxylic acids is 3. The maximum atomic E-state index is 13.1. The minimum atomic E-state index is -1.15. The first kappa shape index (κ1) is 24.2. The van der Waals surface area contributed by atoms with Gasteiger partial charge in [-0.05, 0) is 56.0 Å². The summed E-state index contributed by atoms with van der Waals surface area (Å²) >= 11 is 5.84. The van der Waals surface area contributed by atoms with Gasteiger partial charge in [-0.15, -0.1) is 0 Å². The van der Waals surface area contributed by atoms with Crippen molar-refractivity contribution in [2.24, 2.45) is 5.92 Å². The molecule has 11 heteroatoms. The highest BCUT2D eigenvalue weighted by Crippen LogP contribution is 2.34. The number of rotatable bonds is 7. The van der Waals surface area contributed by atoms with E-state index in [2.05, 4.69) is 15.6 Å². The molecule has 0 bridgehead atoms. The molecule has 1 aliphatic rings. The van der Waals surface area contributed by atoms with E-state index in [4.69, 9.17) is 16.0 Å². The number of nitrogens with zero attached hydrogens (tertiary/aromatic N) is 2. The normalized spacial score (nSPS) is 17.5. The highest BCUT2D eigenvalue weighted by atomic mass is 35.5. The van der Waals surface area contributed by atoms with E-state index < -0.39 is 11.9 Å². The Labute approximate surface area is 205 Å². The standard InChI is InChI=1S/C24H23ClN4O6/c1-29(12-30)16-6-2-13(3-7-16)22(31)28-20-17-10-14(24(33)34)4-8-18(17)35-21(20)23(32)27-19-9-5-15(25)11-26-19/h4-5,8-13,16H,2-3,6-7H2,1H3,(H,28,31)(H,33,34)(H,26,27,32)/t13-,16-. The lowest BCUT2D eigenvalue weighted by molar-refractivity contribution is -0.122. The summed E-state index contributed by atoms with van der Waals surface area (Å²) in [7, 11) is 1.72. The molecule has 3 amide bonds. The summed E-state index contributed by atoms with van der Waals surface area (Å²) in [5.41, 5.74) is 0.320. The van der Waals surface area contributed by atoms with Crippen molar-refractivity contribution in [1.82, 2.24) is 9.88 Å². The van der Waals surface area contributed by atoms with Gasteiger partial charge in [0.2, 0.25) is 18.1 Å². The second kappa shape index (κ2) is 10.1. The number of benzene rings is 1. The van der Waals surface area contributed by atoms with E-state index >= 15 is 0 Å². The van der Waals surface area contributed by atoms with Gasteiger partial charge < -0.3 is 25.1 Å². The Balaban J connectivity index is 1.62. The third-order valence-electron chi connectivity index (χ3n) is 6.17. The topological polar surface area (TPSA) is 142 Å². The molecule has 4 rings (SSSR count). The van der Waals surface area contributed by atoms with Crippen LogP contribution in [0.3, 0.4) is 0 Å². The van der Waals surface area contributed by atoms with Crippen molar-refractivity contribution in [3.8, 4) is 0 Å². The van der Waals surface area contributed by atoms with Crippen LogP contribution in [0.15, 0.2) is 40.9 Å². The molecule has 0 aliphatic heterocycles. The number of anilines is 2. The Morgan fingerprint density at radius 2 is 1.89 bits per heavy atom. The minimum absolute atomic E-state index is 0.0162. The summed E-state index contributed by atoms with van der Waals surface area (Å²) in [6.07, 6.45) is 4.65. The van der Waals surface area contributed by atoms with Gasteiger partial charge in [-0.3, -0.25) is 14.4 Å². The molecule has 0 unspecified atom stereocenters. The molecule has 0 radical (unpaired) electrons. The van der Waals surface area contributed by atoms with Crippen LogP contribution in [-0.4, -0.2) is 52.3 Å². The number of carboxylic acid groups (broad SMARTS) is 1. The lowest BCUT2D eigenvalue weighted by Gasteiger charge is -2.32. The first-order valence-electron chi connectivity index (χ1n) is 11.0. The smallest absolute Gasteiger partial charge is 0.335 e. The van der Waals surface area contributed by atoms with Crippen LogP contribution in [0.25, 0.3) is 11.0 Å². The molecule has 3 N–H and O–H groups in total. The van der Waals surface area contributed by atoms with Gasteiger partial charge in [0.1, 0.15) is 17.1 Å². The zero-order valence-electron chi connectivity index (χ0n) is 18.8. The van der Waals surface area contributed by atoms with Crippen molar-refractivity contribution < 1.29 is 28.7 Å². The van der Waals surface area contributed by atoms with Gasteiger partial charge >= 0.3 is 5.97 Å². The largest absolute Gasteiger partial charge is 0.478 e. The van der Waals surface area contributed by atoms with Crippen molar-refractivity contribution >= 4 is 58.3 Å². The number of carbonyl (C=O) groups is 4. The third-order valence-corrected chi connectivity index (χ3v) is 6.39. The number of carboxylic acids is 1. The van der Waals surface area contributed by atoms with Gasteiger partial charge in [-0.25, -0.2) is 9.78 Å². The maximum absolute atomic E-state index is 13.1. The van der Waals surface area contributed by atoms with Crippen LogP contribution in [0.2, 0.25) is 5.02 Å². The van der Waals surface area contributed by atoms with Crippen LogP contribution in [0.4, 0.5) is 11.5 Å². The van der Waals surface area contributed by atoms with E-state index in [0.29, 0.717) is 36.1 Å². The van der Waals surface area contributed by atoms with Crippen molar-refractivity contribution in [1.29, 1.82) is 0 Å². The van der Waals surface area contributed by atoms with E-state index in [9.17, 15) is 24.3 Å². The van der Waals surface area contributed by atoms with Gasteiger partial charge in [0.25, 0.3) is 5.91 Å². The summed E-state index contributed by atoms with van der Waals surface area (Å²) in [5, 5.41) is 15.5. The lowest BCUT2D eigenvalue weighted by atomic mass is 9.85. The molecule has 1 aromatic carbocycles. The molecule has 3 aromatic rings. The monoisotopic (exact) mass is 498 g/mol. The Kier molecular flexibility index (Phi) is 7.02. The predicted octanol–water partition coefficient (Wildman–Crippen LogP) is 4.02. The van der Waals surface area contributed by atoms with Crippen molar-refractivity contribution in [3.05, 3.63) is 52.9 Å². The number of aromatic nitrogens is 1. The fourth-order valence-electron chi connectivity index (χ4n) is 4.19. The SMILES string of the molecule is CN(C=O)[C@H]1CC[C@H](C(=O)Nc2c(C(=O)Nc3ccc(Cl)cn3)oc3ccc(C(=O)O)cc23)CC1. The van der Waals surface area contributed by atoms with Crippen LogP contribution >= 0.6 is 11.6 Å². The molecule has 182 valence electrons. The summed E-state index contributed by atoms with van der Waals surface area (Å²) < 4.78 is 5.72. The fourth-order valence-corrected chi connectivity index (χ4v) is 4.31. The summed E-state index contributed by atoms with van der Waals surface area (Å²) in [6.45, 7) is 0. The molecule has 35 heavy (non-hydrogen) atoms. The second-order valence-corrected chi connectivity index (χ2v) is 8.84. The average molecular weight is 499 g/mol. The molecule has 1 aliphatic carbocycles. The molecule has 0 atom stereocenters. The molecule has 2 heterocycles. The van der Waals surface area contributed by atoms with Crippen LogP contribution in [0, 0.1) is 5.92 Å². The quantitative estimate of drug-likeness (QED) is 0.417. The van der Waals surface area contributed by atoms with E-state index in [1.54, 1.807) is 18.0 Å². The van der Waals surface area contributed by atoms with Gasteiger partial charge in [-0.1, -0.05) is 11.6 Å². The van der Waals surface area contributed by atoms with E-state index in [1.807, 2.05) is 0 Å². The molecule has 0 saturated heterocycles. The lowest BCUT2D eigenvalue weighted by Crippen LogP contribution is -2.37. The number of nitrogens with one attached hydrogen (secondary N) is 2. The van der Waals surface area contributed by atoms with Crippen molar-refractivity contribution in [2.75, 3.05) is 17.7 Å². The summed E-state index contributed by atoms with van der Waals surface area (Å²) in [5.74, 6) is -2.41. The highest BCUT2D eigenvalue weighted by Gasteiger charge is 2.30. The minimum Gasteiger partial charge on any atom is -0.478 e. The van der Waals surface area contributed by atoms with Crippen LogP contribution in [0.5, 0.6) is 0 Å². The predicted molar refractivity (Wildman–Crippen MR) is 129 cm³/mol. The Bertz CT molecular complexity index is 1280. The summed E-state index contributed by atoms with van der Waals surface area (Å²) in [6, 6.07) is 7.29. The van der Waals surface area contributed by atoms with E-state index in [1.165, 1.54) is 30.5 Å². The van der Waals surface area contributed by atoms with Gasteiger partial charge in [0, 0.05) is 30.6 Å². The first-order chi connectivity index (χ1) is 16.8. The maximum Gasteiger partial charge on any atom is 0.335 e.